The zero-order valence-corrected chi connectivity index (χ0v) is 9.08. The van der Waals surface area contributed by atoms with Crippen LogP contribution in [-0.4, -0.2) is 24.4 Å². The summed E-state index contributed by atoms with van der Waals surface area (Å²) in [6.45, 7) is 0.241. The number of benzene rings is 1. The number of hydrogen-bond acceptors (Lipinski definition) is 2. The van der Waals surface area contributed by atoms with Crippen molar-refractivity contribution in [2.24, 2.45) is 0 Å². The fraction of sp³-hybridized carbons (Fsp3) is 0.182. The molecular weight excluding hydrogens is 212 g/mol. The largest absolute Gasteiger partial charge is 0.398 e. The molecule has 1 aromatic carbocycles. The molecule has 0 heterocycles. The summed E-state index contributed by atoms with van der Waals surface area (Å²) in [5, 5.41) is 0.474. The second-order valence-corrected chi connectivity index (χ2v) is 3.53. The maximum atomic E-state index is 11.8. The van der Waals surface area contributed by atoms with Crippen molar-refractivity contribution in [1.29, 1.82) is 0 Å². The quantitative estimate of drug-likeness (QED) is 0.611. The SMILES string of the molecule is C#CCN(C)C(=O)c1cc(Cl)ccc1N. The van der Waals surface area contributed by atoms with E-state index >= 15 is 0 Å². The summed E-state index contributed by atoms with van der Waals surface area (Å²) < 4.78 is 0. The number of hydrogen-bond donors (Lipinski definition) is 1. The van der Waals surface area contributed by atoms with Gasteiger partial charge >= 0.3 is 0 Å². The van der Waals surface area contributed by atoms with Crippen molar-refractivity contribution in [3.8, 4) is 12.3 Å². The Bertz CT molecular complexity index is 423. The molecule has 1 amide bonds. The maximum Gasteiger partial charge on any atom is 0.256 e. The predicted molar refractivity (Wildman–Crippen MR) is 61.7 cm³/mol. The molecule has 0 aliphatic carbocycles. The fourth-order valence-electron chi connectivity index (χ4n) is 1.13. The molecule has 1 rings (SSSR count). The molecule has 0 aliphatic heterocycles. The molecule has 3 nitrogen and oxygen atoms in total. The Morgan fingerprint density at radius 1 is 1.67 bits per heavy atom. The summed E-state index contributed by atoms with van der Waals surface area (Å²) in [6.07, 6.45) is 5.11. The lowest BCUT2D eigenvalue weighted by Crippen LogP contribution is -2.27. The lowest BCUT2D eigenvalue weighted by Gasteiger charge is -2.15. The minimum Gasteiger partial charge on any atom is -0.398 e. The van der Waals surface area contributed by atoms with Gasteiger partial charge in [0.1, 0.15) is 0 Å². The first-order valence-corrected chi connectivity index (χ1v) is 4.68. The molecule has 0 saturated heterocycles. The van der Waals surface area contributed by atoms with Gasteiger partial charge in [0.2, 0.25) is 0 Å². The highest BCUT2D eigenvalue weighted by atomic mass is 35.5. The first-order chi connectivity index (χ1) is 7.06. The molecule has 0 aliphatic rings. The number of anilines is 1. The van der Waals surface area contributed by atoms with E-state index < -0.39 is 0 Å². The van der Waals surface area contributed by atoms with E-state index in [4.69, 9.17) is 23.8 Å². The van der Waals surface area contributed by atoms with Crippen LogP contribution in [0.15, 0.2) is 18.2 Å². The van der Waals surface area contributed by atoms with Crippen molar-refractivity contribution < 1.29 is 4.79 Å². The van der Waals surface area contributed by atoms with E-state index in [1.54, 1.807) is 19.2 Å². The molecule has 2 N–H and O–H groups in total. The molecule has 0 atom stereocenters. The molecule has 4 heteroatoms. The number of nitrogens with two attached hydrogens (primary N) is 1. The average Bonchev–Trinajstić information content (AvgIpc) is 2.21. The molecule has 1 aromatic rings. The molecule has 78 valence electrons. The van der Waals surface area contributed by atoms with Gasteiger partial charge in [0, 0.05) is 17.8 Å². The Morgan fingerprint density at radius 3 is 2.93 bits per heavy atom. The van der Waals surface area contributed by atoms with Crippen LogP contribution in [0.1, 0.15) is 10.4 Å². The smallest absolute Gasteiger partial charge is 0.256 e. The highest BCUT2D eigenvalue weighted by Crippen LogP contribution is 2.19. The van der Waals surface area contributed by atoms with Crippen LogP contribution in [-0.2, 0) is 0 Å². The number of rotatable bonds is 2. The summed E-state index contributed by atoms with van der Waals surface area (Å²) in [6, 6.07) is 4.76. The van der Waals surface area contributed by atoms with Gasteiger partial charge in [0.15, 0.2) is 0 Å². The van der Waals surface area contributed by atoms with Crippen LogP contribution < -0.4 is 5.73 Å². The van der Waals surface area contributed by atoms with Crippen molar-refractivity contribution in [3.63, 3.8) is 0 Å². The van der Waals surface area contributed by atoms with Crippen LogP contribution in [0, 0.1) is 12.3 Å². The number of nitrogens with zero attached hydrogens (tertiary/aromatic N) is 1. The average molecular weight is 223 g/mol. The standard InChI is InChI=1S/C11H11ClN2O/c1-3-6-14(2)11(15)9-7-8(12)4-5-10(9)13/h1,4-5,7H,6,13H2,2H3. The van der Waals surface area contributed by atoms with Crippen molar-refractivity contribution in [1.82, 2.24) is 4.90 Å². The van der Waals surface area contributed by atoms with Crippen molar-refractivity contribution in [2.45, 2.75) is 0 Å². The second-order valence-electron chi connectivity index (χ2n) is 3.10. The van der Waals surface area contributed by atoms with Crippen LogP contribution in [0.5, 0.6) is 0 Å². The van der Waals surface area contributed by atoms with E-state index in [0.717, 1.165) is 0 Å². The first-order valence-electron chi connectivity index (χ1n) is 4.30. The Balaban J connectivity index is 3.01. The van der Waals surface area contributed by atoms with E-state index in [9.17, 15) is 4.79 Å². The van der Waals surface area contributed by atoms with E-state index in [2.05, 4.69) is 5.92 Å². The van der Waals surface area contributed by atoms with Gasteiger partial charge in [-0.2, -0.15) is 0 Å². The number of carbonyl (C=O) groups is 1. The molecule has 0 spiro atoms. The normalized spacial score (nSPS) is 9.40. The molecular formula is C11H11ClN2O. The van der Waals surface area contributed by atoms with Gasteiger partial charge in [0.05, 0.1) is 12.1 Å². The van der Waals surface area contributed by atoms with Gasteiger partial charge in [-0.1, -0.05) is 17.5 Å². The molecule has 0 fully saturated rings. The van der Waals surface area contributed by atoms with Gasteiger partial charge in [-0.05, 0) is 18.2 Å². The highest BCUT2D eigenvalue weighted by molar-refractivity contribution is 6.31. The molecule has 0 radical (unpaired) electrons. The second kappa shape index (κ2) is 4.72. The zero-order chi connectivity index (χ0) is 11.4. The van der Waals surface area contributed by atoms with Gasteiger partial charge < -0.3 is 10.6 Å². The minimum absolute atomic E-state index is 0.229. The van der Waals surface area contributed by atoms with Crippen LogP contribution in [0.25, 0.3) is 0 Å². The predicted octanol–water partition coefficient (Wildman–Crippen LogP) is 1.63. The number of carbonyl (C=O) groups excluding carboxylic acids is 1. The third-order valence-electron chi connectivity index (χ3n) is 1.92. The molecule has 0 unspecified atom stereocenters. The van der Waals surface area contributed by atoms with E-state index in [1.165, 1.54) is 11.0 Å². The van der Waals surface area contributed by atoms with Crippen molar-refractivity contribution in [2.75, 3.05) is 19.3 Å². The third kappa shape index (κ3) is 2.64. The number of terminal acetylenes is 1. The van der Waals surface area contributed by atoms with Gasteiger partial charge in [-0.15, -0.1) is 6.42 Å². The minimum atomic E-state index is -0.229. The van der Waals surface area contributed by atoms with Crippen molar-refractivity contribution >= 4 is 23.2 Å². The van der Waals surface area contributed by atoms with Gasteiger partial charge in [0.25, 0.3) is 5.91 Å². The van der Waals surface area contributed by atoms with Gasteiger partial charge in [-0.3, -0.25) is 4.79 Å². The van der Waals surface area contributed by atoms with E-state index in [1.807, 2.05) is 0 Å². The first kappa shape index (κ1) is 11.4. The molecule has 0 saturated carbocycles. The Hall–Kier alpha value is -1.66. The highest BCUT2D eigenvalue weighted by Gasteiger charge is 2.13. The topological polar surface area (TPSA) is 46.3 Å². The molecule has 15 heavy (non-hydrogen) atoms. The van der Waals surface area contributed by atoms with Crippen LogP contribution in [0.2, 0.25) is 5.02 Å². The van der Waals surface area contributed by atoms with Crippen LogP contribution in [0.4, 0.5) is 5.69 Å². The van der Waals surface area contributed by atoms with Crippen LogP contribution >= 0.6 is 11.6 Å². The van der Waals surface area contributed by atoms with E-state index in [0.29, 0.717) is 16.3 Å². The maximum absolute atomic E-state index is 11.8. The lowest BCUT2D eigenvalue weighted by molar-refractivity contribution is 0.0813. The summed E-state index contributed by atoms with van der Waals surface area (Å²) in [4.78, 5) is 13.2. The molecule has 0 aromatic heterocycles. The summed E-state index contributed by atoms with van der Waals surface area (Å²) in [7, 11) is 1.61. The number of nitrogen functional groups attached to an aromatic ring is 1. The molecule has 0 bridgehead atoms. The summed E-state index contributed by atoms with van der Waals surface area (Å²) in [5.41, 5.74) is 6.44. The lowest BCUT2D eigenvalue weighted by atomic mass is 10.1. The van der Waals surface area contributed by atoms with E-state index in [-0.39, 0.29) is 12.5 Å². The summed E-state index contributed by atoms with van der Waals surface area (Å²) >= 11 is 5.78. The number of amides is 1. The zero-order valence-electron chi connectivity index (χ0n) is 8.33. The third-order valence-corrected chi connectivity index (χ3v) is 2.16. The Kier molecular flexibility index (Phi) is 3.59. The van der Waals surface area contributed by atoms with Gasteiger partial charge in [-0.25, -0.2) is 0 Å². The summed E-state index contributed by atoms with van der Waals surface area (Å²) in [5.74, 6) is 2.15. The fourth-order valence-corrected chi connectivity index (χ4v) is 1.30. The monoisotopic (exact) mass is 222 g/mol. The number of halogens is 1. The Morgan fingerprint density at radius 2 is 2.33 bits per heavy atom. The van der Waals surface area contributed by atoms with Crippen molar-refractivity contribution in [3.05, 3.63) is 28.8 Å². The van der Waals surface area contributed by atoms with Crippen LogP contribution in [0.3, 0.4) is 0 Å². The Labute approximate surface area is 93.8 Å².